The SMILES string of the molecule is c1ccc2c(c1)CC1CCC(C3CCCc4cc5ccccc5cc43)CC1C2. The zero-order valence-corrected chi connectivity index (χ0v) is 16.7. The first-order valence-corrected chi connectivity index (χ1v) is 11.4. The highest BCUT2D eigenvalue weighted by molar-refractivity contribution is 5.84. The van der Waals surface area contributed by atoms with Crippen molar-refractivity contribution in [3.63, 3.8) is 0 Å². The van der Waals surface area contributed by atoms with Crippen LogP contribution < -0.4 is 0 Å². The van der Waals surface area contributed by atoms with Crippen molar-refractivity contribution in [1.82, 2.24) is 0 Å². The molecular weight excluding hydrogens is 336 g/mol. The molecule has 3 aromatic rings. The molecule has 0 N–H and O–H groups in total. The van der Waals surface area contributed by atoms with Gasteiger partial charge in [0.05, 0.1) is 0 Å². The Bertz CT molecular complexity index is 1010. The predicted octanol–water partition coefficient (Wildman–Crippen LogP) is 7.09. The lowest BCUT2D eigenvalue weighted by molar-refractivity contribution is 0.144. The summed E-state index contributed by atoms with van der Waals surface area (Å²) >= 11 is 0. The Hall–Kier alpha value is -2.08. The Morgan fingerprint density at radius 3 is 2.11 bits per heavy atom. The first kappa shape index (κ1) is 16.8. The van der Waals surface area contributed by atoms with Gasteiger partial charge in [0, 0.05) is 0 Å². The summed E-state index contributed by atoms with van der Waals surface area (Å²) in [5, 5.41) is 2.86. The summed E-state index contributed by atoms with van der Waals surface area (Å²) in [6.07, 6.45) is 11.1. The topological polar surface area (TPSA) is 0 Å². The van der Waals surface area contributed by atoms with E-state index in [0.717, 1.165) is 23.7 Å². The molecule has 0 heterocycles. The highest BCUT2D eigenvalue weighted by atomic mass is 14.4. The summed E-state index contributed by atoms with van der Waals surface area (Å²) in [6, 6.07) is 23.2. The van der Waals surface area contributed by atoms with Gasteiger partial charge in [-0.1, -0.05) is 60.7 Å². The lowest BCUT2D eigenvalue weighted by atomic mass is 9.61. The lowest BCUT2D eigenvalue weighted by Gasteiger charge is -2.44. The van der Waals surface area contributed by atoms with Crippen LogP contribution in [0.3, 0.4) is 0 Å². The molecule has 3 aromatic carbocycles. The van der Waals surface area contributed by atoms with E-state index in [1.165, 1.54) is 62.1 Å². The molecule has 4 atom stereocenters. The minimum absolute atomic E-state index is 0.798. The van der Waals surface area contributed by atoms with Gasteiger partial charge >= 0.3 is 0 Å². The van der Waals surface area contributed by atoms with E-state index in [1.54, 1.807) is 22.3 Å². The van der Waals surface area contributed by atoms with Gasteiger partial charge in [0.1, 0.15) is 0 Å². The molecule has 4 unspecified atom stereocenters. The van der Waals surface area contributed by atoms with Crippen LogP contribution in [0.15, 0.2) is 60.7 Å². The Labute approximate surface area is 169 Å². The molecule has 0 bridgehead atoms. The van der Waals surface area contributed by atoms with Crippen LogP contribution >= 0.6 is 0 Å². The molecule has 0 heteroatoms. The van der Waals surface area contributed by atoms with Gasteiger partial charge in [-0.3, -0.25) is 0 Å². The molecule has 0 amide bonds. The van der Waals surface area contributed by atoms with E-state index in [0.29, 0.717) is 0 Å². The summed E-state index contributed by atoms with van der Waals surface area (Å²) < 4.78 is 0. The monoisotopic (exact) mass is 366 g/mol. The van der Waals surface area contributed by atoms with Crippen LogP contribution in [0.1, 0.15) is 60.3 Å². The third-order valence-corrected chi connectivity index (χ3v) is 8.20. The van der Waals surface area contributed by atoms with Crippen molar-refractivity contribution in [3.8, 4) is 0 Å². The van der Waals surface area contributed by atoms with E-state index in [2.05, 4.69) is 60.7 Å². The van der Waals surface area contributed by atoms with Crippen molar-refractivity contribution in [2.24, 2.45) is 17.8 Å². The predicted molar refractivity (Wildman–Crippen MR) is 118 cm³/mol. The average Bonchev–Trinajstić information content (AvgIpc) is 2.75. The van der Waals surface area contributed by atoms with Gasteiger partial charge in [0.15, 0.2) is 0 Å². The highest BCUT2D eigenvalue weighted by Crippen LogP contribution is 2.49. The third kappa shape index (κ3) is 2.81. The van der Waals surface area contributed by atoms with E-state index < -0.39 is 0 Å². The Morgan fingerprint density at radius 2 is 1.29 bits per heavy atom. The number of benzene rings is 3. The largest absolute Gasteiger partial charge is 0.0620 e. The zero-order chi connectivity index (χ0) is 18.5. The first-order valence-electron chi connectivity index (χ1n) is 11.4. The van der Waals surface area contributed by atoms with E-state index in [4.69, 9.17) is 0 Å². The molecular formula is C28H30. The minimum Gasteiger partial charge on any atom is -0.0620 e. The van der Waals surface area contributed by atoms with Gasteiger partial charge in [-0.15, -0.1) is 0 Å². The fraction of sp³-hybridized carbons (Fsp3) is 0.429. The molecule has 1 saturated carbocycles. The maximum atomic E-state index is 2.55. The van der Waals surface area contributed by atoms with Crippen LogP contribution in [0.25, 0.3) is 10.8 Å². The quantitative estimate of drug-likeness (QED) is 0.431. The fourth-order valence-corrected chi connectivity index (χ4v) is 6.79. The van der Waals surface area contributed by atoms with Crippen molar-refractivity contribution in [1.29, 1.82) is 0 Å². The van der Waals surface area contributed by atoms with E-state index >= 15 is 0 Å². The van der Waals surface area contributed by atoms with Crippen molar-refractivity contribution in [2.75, 3.05) is 0 Å². The first-order chi connectivity index (χ1) is 13.8. The van der Waals surface area contributed by atoms with E-state index in [1.807, 2.05) is 0 Å². The van der Waals surface area contributed by atoms with Gasteiger partial charge in [-0.05, 0) is 108 Å². The third-order valence-electron chi connectivity index (χ3n) is 8.20. The van der Waals surface area contributed by atoms with Gasteiger partial charge < -0.3 is 0 Å². The van der Waals surface area contributed by atoms with Gasteiger partial charge in [-0.25, -0.2) is 0 Å². The average molecular weight is 367 g/mol. The molecule has 0 radical (unpaired) electrons. The summed E-state index contributed by atoms with van der Waals surface area (Å²) in [7, 11) is 0. The summed E-state index contributed by atoms with van der Waals surface area (Å²) in [5.41, 5.74) is 6.62. The summed E-state index contributed by atoms with van der Waals surface area (Å²) in [5.74, 6) is 3.54. The maximum absolute atomic E-state index is 2.55. The summed E-state index contributed by atoms with van der Waals surface area (Å²) in [4.78, 5) is 0. The number of aryl methyl sites for hydroxylation is 1. The van der Waals surface area contributed by atoms with Crippen LogP contribution in [0.4, 0.5) is 0 Å². The van der Waals surface area contributed by atoms with Crippen LogP contribution in [0.5, 0.6) is 0 Å². The molecule has 0 aromatic heterocycles. The second-order valence-electron chi connectivity index (χ2n) is 9.67. The molecule has 0 nitrogen and oxygen atoms in total. The normalized spacial score (nSPS) is 29.0. The second-order valence-corrected chi connectivity index (χ2v) is 9.67. The smallest absolute Gasteiger partial charge is 0.0130 e. The van der Waals surface area contributed by atoms with Crippen LogP contribution in [0.2, 0.25) is 0 Å². The van der Waals surface area contributed by atoms with Crippen molar-refractivity contribution < 1.29 is 0 Å². The molecule has 0 saturated heterocycles. The molecule has 3 aliphatic rings. The lowest BCUT2D eigenvalue weighted by Crippen LogP contribution is -2.34. The number of hydrogen-bond donors (Lipinski definition) is 0. The molecule has 6 rings (SSSR count). The number of hydrogen-bond acceptors (Lipinski definition) is 0. The van der Waals surface area contributed by atoms with Crippen molar-refractivity contribution in [2.45, 2.75) is 57.3 Å². The van der Waals surface area contributed by atoms with Crippen LogP contribution in [0, 0.1) is 17.8 Å². The minimum atomic E-state index is 0.798. The standard InChI is InChI=1S/C28H30/c1-2-8-21-16-26-17-25(13-12-23(26)14-19(21)6-1)27-11-5-10-24-15-20-7-3-4-9-22(20)18-28(24)27/h1-4,6-9,15,18,23,25-27H,5,10-14,16-17H2. The number of rotatable bonds is 1. The zero-order valence-electron chi connectivity index (χ0n) is 16.7. The molecule has 3 aliphatic carbocycles. The van der Waals surface area contributed by atoms with E-state index in [9.17, 15) is 0 Å². The molecule has 28 heavy (non-hydrogen) atoms. The van der Waals surface area contributed by atoms with Gasteiger partial charge in [0.25, 0.3) is 0 Å². The molecule has 0 aliphatic heterocycles. The van der Waals surface area contributed by atoms with E-state index in [-0.39, 0.29) is 0 Å². The second kappa shape index (κ2) is 6.76. The molecule has 0 spiro atoms. The maximum Gasteiger partial charge on any atom is -0.0130 e. The Balaban J connectivity index is 1.30. The van der Waals surface area contributed by atoms with Gasteiger partial charge in [0.2, 0.25) is 0 Å². The fourth-order valence-electron chi connectivity index (χ4n) is 6.79. The van der Waals surface area contributed by atoms with Crippen molar-refractivity contribution >= 4 is 10.8 Å². The molecule has 1 fully saturated rings. The molecule has 142 valence electrons. The van der Waals surface area contributed by atoms with Gasteiger partial charge in [-0.2, -0.15) is 0 Å². The Morgan fingerprint density at radius 1 is 0.607 bits per heavy atom. The van der Waals surface area contributed by atoms with Crippen LogP contribution in [-0.2, 0) is 19.3 Å². The number of fused-ring (bicyclic) bond motifs is 4. The van der Waals surface area contributed by atoms with Crippen LogP contribution in [-0.4, -0.2) is 0 Å². The Kier molecular flexibility index (Phi) is 4.07. The highest BCUT2D eigenvalue weighted by Gasteiger charge is 2.38. The summed E-state index contributed by atoms with van der Waals surface area (Å²) in [6.45, 7) is 0. The van der Waals surface area contributed by atoms with Crippen molar-refractivity contribution in [3.05, 3.63) is 82.9 Å².